The number of nitrogens with two attached hydrogens (primary N) is 1. The van der Waals surface area contributed by atoms with Gasteiger partial charge in [0.1, 0.15) is 0 Å². The van der Waals surface area contributed by atoms with Gasteiger partial charge >= 0.3 is 0 Å². The largest absolute Gasteiger partial charge is 0.338 e. The van der Waals surface area contributed by atoms with E-state index in [-0.39, 0.29) is 19.0 Å². The van der Waals surface area contributed by atoms with Crippen molar-refractivity contribution in [3.8, 4) is 0 Å². The summed E-state index contributed by atoms with van der Waals surface area (Å²) in [7, 11) is 2.10. The lowest BCUT2D eigenvalue weighted by Crippen LogP contribution is -2.27. The fourth-order valence-corrected chi connectivity index (χ4v) is 4.04. The molecule has 5 nitrogen and oxygen atoms in total. The van der Waals surface area contributed by atoms with E-state index in [1.807, 2.05) is 11.8 Å². The Morgan fingerprint density at radius 3 is 3.05 bits per heavy atom. The number of thioether (sulfide) groups is 1. The summed E-state index contributed by atoms with van der Waals surface area (Å²) in [4.78, 5) is 7.91. The Bertz CT molecular complexity index is 639. The second-order valence-electron chi connectivity index (χ2n) is 5.06. The first-order chi connectivity index (χ1) is 10.2. The molecule has 2 heterocycles. The number of nitrogens with zero attached hydrogens (tertiary/aromatic N) is 3. The second kappa shape index (κ2) is 7.79. The van der Waals surface area contributed by atoms with Gasteiger partial charge < -0.3 is 10.3 Å². The molecule has 0 fully saturated rings. The number of hydrogen-bond acceptors (Lipinski definition) is 6. The maximum absolute atomic E-state index is 5.50. The van der Waals surface area contributed by atoms with Crippen LogP contribution in [0.25, 0.3) is 0 Å². The van der Waals surface area contributed by atoms with Crippen LogP contribution in [0.2, 0.25) is 0 Å². The lowest BCUT2D eigenvalue weighted by Gasteiger charge is -2.32. The average molecular weight is 406 g/mol. The minimum absolute atomic E-state index is 0. The predicted molar refractivity (Wildman–Crippen MR) is 93.1 cm³/mol. The van der Waals surface area contributed by atoms with Crippen molar-refractivity contribution >= 4 is 40.1 Å². The zero-order valence-corrected chi connectivity index (χ0v) is 15.4. The molecule has 0 saturated carbocycles. The Labute approximate surface area is 148 Å². The first kappa shape index (κ1) is 17.7. The van der Waals surface area contributed by atoms with E-state index in [0.717, 1.165) is 16.6 Å². The molecular weight excluding hydrogens is 388 g/mol. The molecule has 0 saturated heterocycles. The van der Waals surface area contributed by atoms with Crippen molar-refractivity contribution < 1.29 is 4.52 Å². The van der Waals surface area contributed by atoms with Crippen LogP contribution in [0.3, 0.4) is 0 Å². The zero-order chi connectivity index (χ0) is 14.8. The molecule has 0 radical (unpaired) electrons. The minimum atomic E-state index is 0. The van der Waals surface area contributed by atoms with Crippen molar-refractivity contribution in [3.63, 3.8) is 0 Å². The van der Waals surface area contributed by atoms with Gasteiger partial charge in [-0.3, -0.25) is 4.90 Å². The summed E-state index contributed by atoms with van der Waals surface area (Å²) >= 11 is 5.48. The van der Waals surface area contributed by atoms with E-state index in [0.29, 0.717) is 24.3 Å². The number of aromatic nitrogens is 2. The van der Waals surface area contributed by atoms with Gasteiger partial charge in [-0.1, -0.05) is 21.1 Å². The average Bonchev–Trinajstić information content (AvgIpc) is 2.94. The van der Waals surface area contributed by atoms with Gasteiger partial charge in [0.2, 0.25) is 5.89 Å². The first-order valence-electron chi connectivity index (χ1n) is 6.81. The summed E-state index contributed by atoms with van der Waals surface area (Å²) in [5.41, 5.74) is 6.87. The lowest BCUT2D eigenvalue weighted by atomic mass is 10.0. The van der Waals surface area contributed by atoms with Crippen molar-refractivity contribution in [3.05, 3.63) is 40.0 Å². The van der Waals surface area contributed by atoms with Gasteiger partial charge in [0.05, 0.1) is 13.1 Å². The number of benzene rings is 1. The van der Waals surface area contributed by atoms with Gasteiger partial charge in [-0.15, -0.1) is 24.2 Å². The van der Waals surface area contributed by atoms with Gasteiger partial charge in [0.25, 0.3) is 0 Å². The summed E-state index contributed by atoms with van der Waals surface area (Å²) in [5.74, 6) is 2.30. The summed E-state index contributed by atoms with van der Waals surface area (Å²) in [6, 6.07) is 6.87. The van der Waals surface area contributed by atoms with E-state index >= 15 is 0 Å². The molecule has 0 aliphatic carbocycles. The quantitative estimate of drug-likeness (QED) is 0.841. The van der Waals surface area contributed by atoms with Crippen LogP contribution >= 0.6 is 40.1 Å². The highest BCUT2D eigenvalue weighted by Crippen LogP contribution is 2.40. The van der Waals surface area contributed by atoms with Crippen molar-refractivity contribution in [2.75, 3.05) is 12.8 Å². The van der Waals surface area contributed by atoms with Gasteiger partial charge in [-0.25, -0.2) is 0 Å². The molecule has 22 heavy (non-hydrogen) atoms. The normalized spacial score (nSPS) is 17.2. The number of hydrogen-bond donors (Lipinski definition) is 1. The van der Waals surface area contributed by atoms with Gasteiger partial charge in [-0.05, 0) is 43.0 Å². The van der Waals surface area contributed by atoms with Crippen molar-refractivity contribution in [1.29, 1.82) is 0 Å². The molecule has 2 aromatic rings. The van der Waals surface area contributed by atoms with Crippen molar-refractivity contribution in [1.82, 2.24) is 15.0 Å². The van der Waals surface area contributed by atoms with E-state index in [1.165, 1.54) is 10.5 Å². The number of fused-ring (bicyclic) bond motifs is 1. The third-order valence-electron chi connectivity index (χ3n) is 3.59. The summed E-state index contributed by atoms with van der Waals surface area (Å²) < 4.78 is 6.18. The molecule has 0 spiro atoms. The van der Waals surface area contributed by atoms with E-state index < -0.39 is 0 Å². The highest BCUT2D eigenvalue weighted by atomic mass is 79.9. The van der Waals surface area contributed by atoms with E-state index in [2.05, 4.69) is 56.2 Å². The molecule has 1 aromatic heterocycles. The summed E-state index contributed by atoms with van der Waals surface area (Å²) in [5, 5.41) is 3.97. The van der Waals surface area contributed by atoms with Crippen LogP contribution in [-0.2, 0) is 13.1 Å². The van der Waals surface area contributed by atoms with Crippen LogP contribution in [0.4, 0.5) is 0 Å². The molecule has 1 unspecified atom stereocenters. The van der Waals surface area contributed by atoms with E-state index in [4.69, 9.17) is 10.3 Å². The van der Waals surface area contributed by atoms with Crippen LogP contribution in [0.5, 0.6) is 0 Å². The topological polar surface area (TPSA) is 68.2 Å². The van der Waals surface area contributed by atoms with Crippen LogP contribution in [-0.4, -0.2) is 27.8 Å². The van der Waals surface area contributed by atoms with Gasteiger partial charge in [-0.2, -0.15) is 4.98 Å². The number of rotatable bonds is 4. The SMILES string of the molecule is CN(Cc1noc(CN)n1)C1CCSc2ccc(Br)cc21.Cl. The summed E-state index contributed by atoms with van der Waals surface area (Å²) in [6.07, 6.45) is 1.12. The van der Waals surface area contributed by atoms with Crippen LogP contribution in [0.15, 0.2) is 32.1 Å². The highest BCUT2D eigenvalue weighted by Gasteiger charge is 2.25. The zero-order valence-electron chi connectivity index (χ0n) is 12.2. The van der Waals surface area contributed by atoms with Crippen LogP contribution in [0, 0.1) is 0 Å². The third kappa shape index (κ3) is 3.83. The summed E-state index contributed by atoms with van der Waals surface area (Å²) in [6.45, 7) is 0.942. The molecule has 1 aliphatic rings. The minimum Gasteiger partial charge on any atom is -0.338 e. The highest BCUT2D eigenvalue weighted by molar-refractivity contribution is 9.10. The van der Waals surface area contributed by atoms with Crippen molar-refractivity contribution in [2.45, 2.75) is 30.4 Å². The predicted octanol–water partition coefficient (Wildman–Crippen LogP) is 3.38. The third-order valence-corrected chi connectivity index (χ3v) is 5.20. The lowest BCUT2D eigenvalue weighted by molar-refractivity contribution is 0.218. The Balaban J connectivity index is 0.00000176. The molecule has 1 aromatic carbocycles. The Hall–Kier alpha value is -0.600. The fourth-order valence-electron chi connectivity index (χ4n) is 2.58. The molecule has 8 heteroatoms. The van der Waals surface area contributed by atoms with Gasteiger partial charge in [0, 0.05) is 15.4 Å². The Morgan fingerprint density at radius 2 is 2.32 bits per heavy atom. The maximum Gasteiger partial charge on any atom is 0.240 e. The maximum atomic E-state index is 5.50. The van der Waals surface area contributed by atoms with Crippen LogP contribution in [0.1, 0.15) is 29.7 Å². The standard InChI is InChI=1S/C14H17BrN4OS.ClH/c1-19(8-13-17-14(7-16)20-18-13)11-4-5-21-12-3-2-9(15)6-10(11)12;/h2-3,6,11H,4-5,7-8,16H2,1H3;1H. The molecular formula is C14H18BrClN4OS. The molecule has 2 N–H and O–H groups in total. The molecule has 0 amide bonds. The molecule has 120 valence electrons. The fraction of sp³-hybridized carbons (Fsp3) is 0.429. The molecule has 1 aliphatic heterocycles. The smallest absolute Gasteiger partial charge is 0.240 e. The second-order valence-corrected chi connectivity index (χ2v) is 7.11. The van der Waals surface area contributed by atoms with E-state index in [1.54, 1.807) is 0 Å². The Kier molecular flexibility index (Phi) is 6.28. The Morgan fingerprint density at radius 1 is 1.50 bits per heavy atom. The molecule has 3 rings (SSSR count). The first-order valence-corrected chi connectivity index (χ1v) is 8.59. The van der Waals surface area contributed by atoms with Crippen LogP contribution < -0.4 is 5.73 Å². The molecule has 0 bridgehead atoms. The van der Waals surface area contributed by atoms with Gasteiger partial charge in [0.15, 0.2) is 5.82 Å². The molecule has 1 atom stereocenters. The monoisotopic (exact) mass is 404 g/mol. The van der Waals surface area contributed by atoms with Crippen molar-refractivity contribution in [2.24, 2.45) is 5.73 Å². The number of halogens is 2. The van der Waals surface area contributed by atoms with E-state index in [9.17, 15) is 0 Å².